The van der Waals surface area contributed by atoms with Gasteiger partial charge in [-0.15, -0.1) is 0 Å². The van der Waals surface area contributed by atoms with Gasteiger partial charge in [-0.05, 0) is 27.9 Å². The number of nitrogens with one attached hydrogen (secondary N) is 1. The number of amides is 1. The molecule has 96 valence electrons. The summed E-state index contributed by atoms with van der Waals surface area (Å²) in [6.45, 7) is 6.10. The molecule has 1 amide bonds. The van der Waals surface area contributed by atoms with Crippen molar-refractivity contribution in [3.63, 3.8) is 0 Å². The Balaban J connectivity index is 2.71. The number of hydrogen-bond acceptors (Lipinski definition) is 2. The lowest BCUT2D eigenvalue weighted by Gasteiger charge is -2.23. The number of aromatic amines is 1. The lowest BCUT2D eigenvalue weighted by molar-refractivity contribution is 0.0667. The smallest absolute Gasteiger partial charge is 0.270 e. The molecule has 17 heavy (non-hydrogen) atoms. The van der Waals surface area contributed by atoms with Gasteiger partial charge in [0, 0.05) is 30.9 Å². The predicted molar refractivity (Wildman–Crippen MR) is 71.1 cm³/mol. The molecule has 1 heterocycles. The summed E-state index contributed by atoms with van der Waals surface area (Å²) < 4.78 is 5.92. The van der Waals surface area contributed by atoms with Crippen LogP contribution in [0.2, 0.25) is 0 Å². The molecule has 0 aromatic carbocycles. The van der Waals surface area contributed by atoms with Crippen LogP contribution in [0.3, 0.4) is 0 Å². The first-order valence-corrected chi connectivity index (χ1v) is 6.46. The van der Waals surface area contributed by atoms with Crippen LogP contribution in [0.25, 0.3) is 0 Å². The maximum absolute atomic E-state index is 12.2. The van der Waals surface area contributed by atoms with Crippen LogP contribution in [0.1, 0.15) is 24.3 Å². The summed E-state index contributed by atoms with van der Waals surface area (Å²) >= 11 is 3.33. The maximum atomic E-state index is 12.2. The van der Waals surface area contributed by atoms with Crippen molar-refractivity contribution >= 4 is 21.8 Å². The van der Waals surface area contributed by atoms with E-state index in [1.807, 2.05) is 4.90 Å². The molecule has 4 nitrogen and oxygen atoms in total. The van der Waals surface area contributed by atoms with E-state index in [9.17, 15) is 4.79 Å². The van der Waals surface area contributed by atoms with E-state index >= 15 is 0 Å². The molecular formula is C12H19BrN2O2. The number of ether oxygens (including phenoxy) is 1. The van der Waals surface area contributed by atoms with Crippen molar-refractivity contribution in [2.75, 3.05) is 26.8 Å². The average molecular weight is 303 g/mol. The van der Waals surface area contributed by atoms with Crippen LogP contribution in [-0.4, -0.2) is 42.6 Å². The number of rotatable bonds is 6. The molecule has 0 aliphatic rings. The summed E-state index contributed by atoms with van der Waals surface area (Å²) in [6.07, 6.45) is 1.76. The van der Waals surface area contributed by atoms with Crippen LogP contribution in [0.4, 0.5) is 0 Å². The molecule has 1 rings (SSSR count). The highest BCUT2D eigenvalue weighted by Crippen LogP contribution is 2.13. The lowest BCUT2D eigenvalue weighted by Crippen LogP contribution is -2.36. The van der Waals surface area contributed by atoms with Crippen molar-refractivity contribution in [1.82, 2.24) is 9.88 Å². The third-order valence-corrected chi connectivity index (χ3v) is 2.77. The van der Waals surface area contributed by atoms with E-state index in [2.05, 4.69) is 34.8 Å². The molecule has 0 radical (unpaired) electrons. The summed E-state index contributed by atoms with van der Waals surface area (Å²) in [5, 5.41) is 0. The van der Waals surface area contributed by atoms with Crippen molar-refractivity contribution in [2.24, 2.45) is 5.92 Å². The van der Waals surface area contributed by atoms with Crippen molar-refractivity contribution in [3.05, 3.63) is 22.4 Å². The van der Waals surface area contributed by atoms with E-state index in [-0.39, 0.29) is 5.91 Å². The largest absolute Gasteiger partial charge is 0.383 e. The Labute approximate surface area is 110 Å². The van der Waals surface area contributed by atoms with E-state index in [4.69, 9.17) is 4.74 Å². The molecule has 0 aliphatic heterocycles. The van der Waals surface area contributed by atoms with Gasteiger partial charge in [-0.3, -0.25) is 4.79 Å². The van der Waals surface area contributed by atoms with Gasteiger partial charge in [-0.2, -0.15) is 0 Å². The van der Waals surface area contributed by atoms with Crippen LogP contribution in [-0.2, 0) is 4.74 Å². The fraction of sp³-hybridized carbons (Fsp3) is 0.583. The number of carbonyl (C=O) groups excluding carboxylic acids is 1. The molecule has 1 aromatic rings. The normalized spacial score (nSPS) is 10.9. The zero-order valence-electron chi connectivity index (χ0n) is 10.5. The Morgan fingerprint density at radius 2 is 2.29 bits per heavy atom. The van der Waals surface area contributed by atoms with E-state index in [0.29, 0.717) is 24.8 Å². The third kappa shape index (κ3) is 4.52. The zero-order valence-corrected chi connectivity index (χ0v) is 12.1. The minimum Gasteiger partial charge on any atom is -0.383 e. The molecule has 0 saturated carbocycles. The second-order valence-electron chi connectivity index (χ2n) is 4.37. The fourth-order valence-electron chi connectivity index (χ4n) is 1.58. The first kappa shape index (κ1) is 14.3. The van der Waals surface area contributed by atoms with Gasteiger partial charge in [-0.25, -0.2) is 0 Å². The Morgan fingerprint density at radius 3 is 2.76 bits per heavy atom. The highest BCUT2D eigenvalue weighted by atomic mass is 79.9. The lowest BCUT2D eigenvalue weighted by atomic mass is 10.2. The molecule has 0 aliphatic carbocycles. The Morgan fingerprint density at radius 1 is 1.59 bits per heavy atom. The topological polar surface area (TPSA) is 45.3 Å². The number of aromatic nitrogens is 1. The van der Waals surface area contributed by atoms with Crippen molar-refractivity contribution < 1.29 is 9.53 Å². The standard InChI is InChI=1S/C12H19BrN2O2/c1-9(2)8-15(4-5-17-3)12(16)11-6-10(13)7-14-11/h6-7,9,14H,4-5,8H2,1-3H3. The fourth-order valence-corrected chi connectivity index (χ4v) is 1.92. The summed E-state index contributed by atoms with van der Waals surface area (Å²) in [7, 11) is 1.64. The van der Waals surface area contributed by atoms with Gasteiger partial charge in [0.2, 0.25) is 0 Å². The zero-order chi connectivity index (χ0) is 12.8. The van der Waals surface area contributed by atoms with Gasteiger partial charge >= 0.3 is 0 Å². The predicted octanol–water partition coefficient (Wildman–Crippen LogP) is 2.52. The number of nitrogens with zero attached hydrogens (tertiary/aromatic N) is 1. The SMILES string of the molecule is COCCN(CC(C)C)C(=O)c1cc(Br)c[nH]1. The van der Waals surface area contributed by atoms with Crippen LogP contribution in [0.15, 0.2) is 16.7 Å². The summed E-state index contributed by atoms with van der Waals surface area (Å²) in [6, 6.07) is 1.79. The minimum absolute atomic E-state index is 0.0152. The highest BCUT2D eigenvalue weighted by molar-refractivity contribution is 9.10. The first-order chi connectivity index (χ1) is 8.04. The van der Waals surface area contributed by atoms with Crippen LogP contribution >= 0.6 is 15.9 Å². The summed E-state index contributed by atoms with van der Waals surface area (Å²) in [5.41, 5.74) is 0.605. The van der Waals surface area contributed by atoms with Crippen molar-refractivity contribution in [3.8, 4) is 0 Å². The van der Waals surface area contributed by atoms with Crippen molar-refractivity contribution in [2.45, 2.75) is 13.8 Å². The Bertz CT molecular complexity index is 363. The van der Waals surface area contributed by atoms with Crippen molar-refractivity contribution in [1.29, 1.82) is 0 Å². The summed E-state index contributed by atoms with van der Waals surface area (Å²) in [5.74, 6) is 0.454. The molecule has 0 unspecified atom stereocenters. The molecule has 0 bridgehead atoms. The third-order valence-electron chi connectivity index (χ3n) is 2.32. The quantitative estimate of drug-likeness (QED) is 0.877. The number of H-pyrrole nitrogens is 1. The number of carbonyl (C=O) groups is 1. The van der Waals surface area contributed by atoms with Gasteiger partial charge < -0.3 is 14.6 Å². The minimum atomic E-state index is 0.0152. The second-order valence-corrected chi connectivity index (χ2v) is 5.29. The molecule has 1 N–H and O–H groups in total. The van der Waals surface area contributed by atoms with E-state index in [1.165, 1.54) is 0 Å². The highest BCUT2D eigenvalue weighted by Gasteiger charge is 2.17. The molecule has 0 saturated heterocycles. The van der Waals surface area contributed by atoms with Gasteiger partial charge in [0.15, 0.2) is 0 Å². The number of methoxy groups -OCH3 is 1. The molecule has 0 atom stereocenters. The Hall–Kier alpha value is -0.810. The maximum Gasteiger partial charge on any atom is 0.270 e. The molecule has 0 fully saturated rings. The second kappa shape index (κ2) is 6.81. The van der Waals surface area contributed by atoms with E-state index in [1.54, 1.807) is 19.4 Å². The van der Waals surface area contributed by atoms with Crippen LogP contribution in [0.5, 0.6) is 0 Å². The molecule has 5 heteroatoms. The van der Waals surface area contributed by atoms with Gasteiger partial charge in [0.05, 0.1) is 6.61 Å². The van der Waals surface area contributed by atoms with Gasteiger partial charge in [0.1, 0.15) is 5.69 Å². The average Bonchev–Trinajstić information content (AvgIpc) is 2.69. The molecular weight excluding hydrogens is 284 g/mol. The van der Waals surface area contributed by atoms with Gasteiger partial charge in [0.25, 0.3) is 5.91 Å². The Kier molecular flexibility index (Phi) is 5.71. The van der Waals surface area contributed by atoms with Gasteiger partial charge in [-0.1, -0.05) is 13.8 Å². The molecule has 0 spiro atoms. The number of halogens is 1. The monoisotopic (exact) mass is 302 g/mol. The first-order valence-electron chi connectivity index (χ1n) is 5.66. The van der Waals surface area contributed by atoms with E-state index in [0.717, 1.165) is 11.0 Å². The van der Waals surface area contributed by atoms with E-state index < -0.39 is 0 Å². The van der Waals surface area contributed by atoms with Crippen LogP contribution < -0.4 is 0 Å². The molecule has 1 aromatic heterocycles. The summed E-state index contributed by atoms with van der Waals surface area (Å²) in [4.78, 5) is 17.0. The van der Waals surface area contributed by atoms with Crippen LogP contribution in [0, 0.1) is 5.92 Å². The number of hydrogen-bond donors (Lipinski definition) is 1.